The van der Waals surface area contributed by atoms with Gasteiger partial charge < -0.3 is 4.57 Å². The van der Waals surface area contributed by atoms with E-state index in [9.17, 15) is 0 Å². The van der Waals surface area contributed by atoms with Gasteiger partial charge in [-0.25, -0.2) is 9.97 Å². The van der Waals surface area contributed by atoms with Gasteiger partial charge in [-0.15, -0.1) is 22.7 Å². The molecule has 58 heavy (non-hydrogen) atoms. The Morgan fingerprint density at radius 2 is 1.05 bits per heavy atom. The third-order valence-corrected chi connectivity index (χ3v) is 14.6. The van der Waals surface area contributed by atoms with Crippen molar-refractivity contribution in [3.63, 3.8) is 0 Å². The molecule has 0 bridgehead atoms. The van der Waals surface area contributed by atoms with Gasteiger partial charge in [0.05, 0.1) is 43.7 Å². The second kappa shape index (κ2) is 11.3. The number of nitrogens with zero attached hydrogens (tertiary/aromatic N) is 4. The van der Waals surface area contributed by atoms with Crippen LogP contribution < -0.4 is 0 Å². The first-order valence-corrected chi connectivity index (χ1v) is 21.2. The molecule has 0 atom stereocenters. The number of hydrogen-bond donors (Lipinski definition) is 0. The summed E-state index contributed by atoms with van der Waals surface area (Å²) in [6, 6.07) is 62.1. The Hall–Kier alpha value is -7.12. The Labute approximate surface area is 339 Å². The molecule has 0 saturated heterocycles. The molecule has 0 fully saturated rings. The first-order valence-electron chi connectivity index (χ1n) is 19.6. The third kappa shape index (κ3) is 3.98. The molecule has 1 aliphatic heterocycles. The Balaban J connectivity index is 1.16. The lowest BCUT2D eigenvalue weighted by atomic mass is 9.91. The van der Waals surface area contributed by atoms with E-state index in [2.05, 4.69) is 179 Å². The number of benzene rings is 8. The van der Waals surface area contributed by atoms with Crippen LogP contribution >= 0.6 is 22.7 Å². The molecule has 13 aromatic rings. The third-order valence-electron chi connectivity index (χ3n) is 12.3. The topological polar surface area (TPSA) is 35.6 Å². The molecular weight excluding hydrogens is 745 g/mol. The summed E-state index contributed by atoms with van der Waals surface area (Å²) in [6.45, 7) is 0. The fourth-order valence-electron chi connectivity index (χ4n) is 9.88. The van der Waals surface area contributed by atoms with Gasteiger partial charge in [0, 0.05) is 68.5 Å². The monoisotopic (exact) mass is 772 g/mol. The predicted octanol–water partition coefficient (Wildman–Crippen LogP) is 14.7. The maximum atomic E-state index is 5.65. The van der Waals surface area contributed by atoms with Crippen LogP contribution in [0.3, 0.4) is 0 Å². The fourth-order valence-corrected chi connectivity index (χ4v) is 12.1. The highest BCUT2D eigenvalue weighted by Gasteiger charge is 2.29. The van der Waals surface area contributed by atoms with Crippen LogP contribution in [0.25, 0.3) is 129 Å². The van der Waals surface area contributed by atoms with Crippen molar-refractivity contribution in [1.82, 2.24) is 19.1 Å². The minimum Gasteiger partial charge on any atom is -0.308 e. The van der Waals surface area contributed by atoms with Crippen LogP contribution in [0, 0.1) is 0 Å². The van der Waals surface area contributed by atoms with Gasteiger partial charge in [-0.1, -0.05) is 121 Å². The van der Waals surface area contributed by atoms with Crippen LogP contribution in [0.2, 0.25) is 0 Å². The molecule has 5 aromatic heterocycles. The van der Waals surface area contributed by atoms with E-state index in [1.807, 2.05) is 11.3 Å². The van der Waals surface area contributed by atoms with Crippen molar-refractivity contribution in [1.29, 1.82) is 0 Å². The summed E-state index contributed by atoms with van der Waals surface area (Å²) in [5.74, 6) is 0.674. The minimum atomic E-state index is 0.674. The van der Waals surface area contributed by atoms with Gasteiger partial charge in [0.2, 0.25) is 5.95 Å². The summed E-state index contributed by atoms with van der Waals surface area (Å²) in [6.07, 6.45) is 0. The van der Waals surface area contributed by atoms with Gasteiger partial charge in [0.1, 0.15) is 0 Å². The maximum Gasteiger partial charge on any atom is 0.235 e. The van der Waals surface area contributed by atoms with E-state index in [-0.39, 0.29) is 0 Å². The molecule has 4 nitrogen and oxygen atoms in total. The SMILES string of the molecule is c1ccc2c(c1)-c1ccccc1-n1c3ccccc3c3cc4c(c-2c31)c1ccccc1n4-c1nc(-c2ccc3sc4ccccc4c3c2)c2sc3ccccc3c2n1. The molecule has 0 aliphatic carbocycles. The van der Waals surface area contributed by atoms with Crippen molar-refractivity contribution in [3.8, 4) is 45.1 Å². The highest BCUT2D eigenvalue weighted by atomic mass is 32.1. The largest absolute Gasteiger partial charge is 0.308 e. The Bertz CT molecular complexity index is 3930. The Morgan fingerprint density at radius 3 is 1.90 bits per heavy atom. The van der Waals surface area contributed by atoms with E-state index in [0.717, 1.165) is 37.9 Å². The van der Waals surface area contributed by atoms with Crippen LogP contribution in [0.5, 0.6) is 0 Å². The molecule has 8 aromatic carbocycles. The van der Waals surface area contributed by atoms with Crippen molar-refractivity contribution in [2.75, 3.05) is 0 Å². The zero-order valence-corrected chi connectivity index (χ0v) is 32.4. The highest BCUT2D eigenvalue weighted by molar-refractivity contribution is 7.26. The number of rotatable bonds is 2. The molecule has 6 heterocycles. The molecule has 1 aliphatic rings. The zero-order chi connectivity index (χ0) is 37.6. The first-order chi connectivity index (χ1) is 28.8. The summed E-state index contributed by atoms with van der Waals surface area (Å²) in [5.41, 5.74) is 13.8. The van der Waals surface area contributed by atoms with Crippen molar-refractivity contribution in [2.24, 2.45) is 0 Å². The van der Waals surface area contributed by atoms with Crippen molar-refractivity contribution >= 4 is 107 Å². The molecule has 14 rings (SSSR count). The Kier molecular flexibility index (Phi) is 6.02. The van der Waals surface area contributed by atoms with Crippen molar-refractivity contribution < 1.29 is 0 Å². The van der Waals surface area contributed by atoms with Gasteiger partial charge in [-0.05, 0) is 59.7 Å². The van der Waals surface area contributed by atoms with Crippen LogP contribution in [0.4, 0.5) is 0 Å². The second-order valence-corrected chi connectivity index (χ2v) is 17.4. The average Bonchev–Trinajstić information content (AvgIpc) is 4.01. The minimum absolute atomic E-state index is 0.674. The van der Waals surface area contributed by atoms with Gasteiger partial charge in [-0.3, -0.25) is 4.57 Å². The fraction of sp³-hybridized carbons (Fsp3) is 0. The van der Waals surface area contributed by atoms with Crippen molar-refractivity contribution in [3.05, 3.63) is 170 Å². The number of fused-ring (bicyclic) bond motifs is 18. The summed E-state index contributed by atoms with van der Waals surface area (Å²) in [4.78, 5) is 11.2. The zero-order valence-electron chi connectivity index (χ0n) is 30.8. The van der Waals surface area contributed by atoms with E-state index in [1.54, 1.807) is 11.3 Å². The quantitative estimate of drug-likeness (QED) is 0.175. The van der Waals surface area contributed by atoms with E-state index >= 15 is 0 Å². The normalized spacial score (nSPS) is 12.5. The molecule has 0 spiro atoms. The lowest BCUT2D eigenvalue weighted by molar-refractivity contribution is 1.02. The standard InChI is InChI=1S/C52H28N4S2/c1-2-17-34-30(13-1)31-14-3-8-20-39(31)55-40-21-9-4-15-32(40)38-28-42-46(47(34)50(38)55)35-18-5-10-22-41(35)56(42)52-53-48(51-49(54-52)36-19-7-12-24-44(36)58-51)29-25-26-45-37(27-29)33-16-6-11-23-43(33)57-45/h1-28H. The number of aromatic nitrogens is 4. The van der Waals surface area contributed by atoms with Gasteiger partial charge in [-0.2, -0.15) is 0 Å². The predicted molar refractivity (Wildman–Crippen MR) is 246 cm³/mol. The molecule has 0 radical (unpaired) electrons. The van der Waals surface area contributed by atoms with Crippen LogP contribution in [-0.2, 0) is 0 Å². The maximum absolute atomic E-state index is 5.65. The first kappa shape index (κ1) is 31.0. The summed E-state index contributed by atoms with van der Waals surface area (Å²) in [5, 5.41) is 8.52. The molecule has 0 unspecified atom stereocenters. The van der Waals surface area contributed by atoms with Gasteiger partial charge in [0.15, 0.2) is 0 Å². The van der Waals surface area contributed by atoms with E-state index in [4.69, 9.17) is 9.97 Å². The molecule has 0 N–H and O–H groups in total. The van der Waals surface area contributed by atoms with E-state index < -0.39 is 0 Å². The molecular formula is C52H28N4S2. The smallest absolute Gasteiger partial charge is 0.235 e. The van der Waals surface area contributed by atoms with E-state index in [0.29, 0.717) is 5.95 Å². The van der Waals surface area contributed by atoms with Crippen LogP contribution in [-0.4, -0.2) is 19.1 Å². The molecule has 6 heteroatoms. The average molecular weight is 773 g/mol. The number of hydrogen-bond acceptors (Lipinski definition) is 4. The summed E-state index contributed by atoms with van der Waals surface area (Å²) in [7, 11) is 0. The molecule has 0 saturated carbocycles. The summed E-state index contributed by atoms with van der Waals surface area (Å²) < 4.78 is 9.73. The second-order valence-electron chi connectivity index (χ2n) is 15.3. The summed E-state index contributed by atoms with van der Waals surface area (Å²) >= 11 is 3.63. The molecule has 0 amide bonds. The lowest BCUT2D eigenvalue weighted by Gasteiger charge is -2.13. The van der Waals surface area contributed by atoms with Crippen molar-refractivity contribution in [2.45, 2.75) is 0 Å². The van der Waals surface area contributed by atoms with E-state index in [1.165, 1.54) is 85.4 Å². The lowest BCUT2D eigenvalue weighted by Crippen LogP contribution is -2.03. The van der Waals surface area contributed by atoms with Crippen LogP contribution in [0.1, 0.15) is 0 Å². The van der Waals surface area contributed by atoms with Crippen LogP contribution in [0.15, 0.2) is 170 Å². The Morgan fingerprint density at radius 1 is 0.414 bits per heavy atom. The molecule has 268 valence electrons. The number of thiophene rings is 2. The highest BCUT2D eigenvalue weighted by Crippen LogP contribution is 2.52. The van der Waals surface area contributed by atoms with Gasteiger partial charge in [0.25, 0.3) is 0 Å². The van der Waals surface area contributed by atoms with Gasteiger partial charge >= 0.3 is 0 Å². The number of para-hydroxylation sites is 3.